The molecule has 2 N–H and O–H groups in total. The molecule has 0 saturated heterocycles. The first kappa shape index (κ1) is 12.8. The second kappa shape index (κ2) is 8.38. The van der Waals surface area contributed by atoms with E-state index in [-0.39, 0.29) is 5.91 Å². The van der Waals surface area contributed by atoms with E-state index in [1.54, 1.807) is 11.8 Å². The van der Waals surface area contributed by atoms with Gasteiger partial charge in [-0.15, -0.1) is 0 Å². The number of rotatable bonds is 7. The Morgan fingerprint density at radius 3 is 2.77 bits per heavy atom. The van der Waals surface area contributed by atoms with Crippen LogP contribution in [0.5, 0.6) is 0 Å². The van der Waals surface area contributed by atoms with E-state index in [4.69, 9.17) is 0 Å². The molecule has 0 aromatic carbocycles. The van der Waals surface area contributed by atoms with Crippen LogP contribution in [0.15, 0.2) is 0 Å². The molecular formula is C9H20N2OS. The van der Waals surface area contributed by atoms with Crippen LogP contribution in [0.25, 0.3) is 0 Å². The third-order valence-electron chi connectivity index (χ3n) is 1.85. The van der Waals surface area contributed by atoms with E-state index in [0.717, 1.165) is 18.7 Å². The van der Waals surface area contributed by atoms with Crippen molar-refractivity contribution >= 4 is 17.7 Å². The summed E-state index contributed by atoms with van der Waals surface area (Å²) in [6, 6.07) is 0.423. The molecule has 13 heavy (non-hydrogen) atoms. The van der Waals surface area contributed by atoms with Crippen molar-refractivity contribution in [3.63, 3.8) is 0 Å². The lowest BCUT2D eigenvalue weighted by Gasteiger charge is -2.10. The molecule has 78 valence electrons. The smallest absolute Gasteiger partial charge is 0.233 e. The van der Waals surface area contributed by atoms with Crippen molar-refractivity contribution < 1.29 is 4.79 Å². The minimum atomic E-state index is 0.0920. The Morgan fingerprint density at radius 2 is 2.23 bits per heavy atom. The van der Waals surface area contributed by atoms with Crippen molar-refractivity contribution in [2.24, 2.45) is 0 Å². The van der Waals surface area contributed by atoms with Crippen LogP contribution in [0.1, 0.15) is 20.3 Å². The van der Waals surface area contributed by atoms with Crippen molar-refractivity contribution in [2.45, 2.75) is 26.3 Å². The van der Waals surface area contributed by atoms with Gasteiger partial charge in [-0.3, -0.25) is 4.79 Å². The van der Waals surface area contributed by atoms with Crippen LogP contribution < -0.4 is 10.6 Å². The Morgan fingerprint density at radius 1 is 1.54 bits per heavy atom. The standard InChI is InChI=1S/C9H20N2OS/c1-4-8(2)11-7-9(12)10-5-6-13-3/h8,11H,4-7H2,1-3H3,(H,10,12). The van der Waals surface area contributed by atoms with E-state index in [1.165, 1.54) is 0 Å². The Labute approximate surface area is 85.0 Å². The number of thioether (sulfide) groups is 1. The Kier molecular flexibility index (Phi) is 8.24. The van der Waals surface area contributed by atoms with E-state index < -0.39 is 0 Å². The summed E-state index contributed by atoms with van der Waals surface area (Å²) in [6.45, 7) is 5.38. The summed E-state index contributed by atoms with van der Waals surface area (Å²) in [5.41, 5.74) is 0. The van der Waals surface area contributed by atoms with Crippen LogP contribution in [-0.4, -0.2) is 37.0 Å². The molecule has 4 heteroatoms. The SMILES string of the molecule is CCC(C)NCC(=O)NCCSC. The fourth-order valence-corrected chi connectivity index (χ4v) is 1.07. The zero-order chi connectivity index (χ0) is 10.1. The first-order valence-corrected chi connectivity index (χ1v) is 6.09. The molecule has 1 amide bonds. The van der Waals surface area contributed by atoms with Gasteiger partial charge in [-0.1, -0.05) is 6.92 Å². The first-order chi connectivity index (χ1) is 6.20. The molecule has 0 saturated carbocycles. The van der Waals surface area contributed by atoms with Crippen LogP contribution in [0.4, 0.5) is 0 Å². The van der Waals surface area contributed by atoms with Gasteiger partial charge in [0.05, 0.1) is 6.54 Å². The second-order valence-corrected chi connectivity index (χ2v) is 4.02. The van der Waals surface area contributed by atoms with Crippen molar-refractivity contribution in [3.05, 3.63) is 0 Å². The van der Waals surface area contributed by atoms with Gasteiger partial charge in [0.15, 0.2) is 0 Å². The number of amides is 1. The number of nitrogens with one attached hydrogen (secondary N) is 2. The molecule has 1 unspecified atom stereocenters. The lowest BCUT2D eigenvalue weighted by molar-refractivity contribution is -0.120. The van der Waals surface area contributed by atoms with Crippen molar-refractivity contribution in [3.8, 4) is 0 Å². The van der Waals surface area contributed by atoms with Crippen molar-refractivity contribution in [1.82, 2.24) is 10.6 Å². The second-order valence-electron chi connectivity index (χ2n) is 3.03. The quantitative estimate of drug-likeness (QED) is 0.604. The van der Waals surface area contributed by atoms with Crippen LogP contribution >= 0.6 is 11.8 Å². The van der Waals surface area contributed by atoms with Gasteiger partial charge in [-0.05, 0) is 19.6 Å². The summed E-state index contributed by atoms with van der Waals surface area (Å²) in [4.78, 5) is 11.2. The molecule has 0 radical (unpaired) electrons. The first-order valence-electron chi connectivity index (χ1n) is 4.69. The number of hydrogen-bond donors (Lipinski definition) is 2. The lowest BCUT2D eigenvalue weighted by Crippen LogP contribution is -2.38. The predicted octanol–water partition coefficient (Wildman–Crippen LogP) is 0.854. The maximum atomic E-state index is 11.2. The molecule has 0 aliphatic heterocycles. The van der Waals surface area contributed by atoms with E-state index in [1.807, 2.05) is 6.26 Å². The molecule has 0 aromatic heterocycles. The van der Waals surface area contributed by atoms with E-state index in [9.17, 15) is 4.79 Å². The summed E-state index contributed by atoms with van der Waals surface area (Å²) in [5.74, 6) is 1.07. The largest absolute Gasteiger partial charge is 0.354 e. The number of carbonyl (C=O) groups excluding carboxylic acids is 1. The monoisotopic (exact) mass is 204 g/mol. The molecule has 0 aliphatic rings. The van der Waals surface area contributed by atoms with Gasteiger partial charge in [0.2, 0.25) is 5.91 Å². The molecule has 3 nitrogen and oxygen atoms in total. The molecule has 0 spiro atoms. The zero-order valence-corrected chi connectivity index (χ0v) is 9.54. The number of hydrogen-bond acceptors (Lipinski definition) is 3. The highest BCUT2D eigenvalue weighted by atomic mass is 32.2. The van der Waals surface area contributed by atoms with E-state index >= 15 is 0 Å². The molecule has 1 atom stereocenters. The average Bonchev–Trinajstić information content (AvgIpc) is 2.14. The Hall–Kier alpha value is -0.220. The highest BCUT2D eigenvalue weighted by molar-refractivity contribution is 7.98. The van der Waals surface area contributed by atoms with Crippen molar-refractivity contribution in [2.75, 3.05) is 25.1 Å². The fraction of sp³-hybridized carbons (Fsp3) is 0.889. The van der Waals surface area contributed by atoms with Crippen LogP contribution in [0.2, 0.25) is 0 Å². The molecule has 0 fully saturated rings. The fourth-order valence-electron chi connectivity index (χ4n) is 0.766. The summed E-state index contributed by atoms with van der Waals surface area (Å²) < 4.78 is 0. The normalized spacial score (nSPS) is 12.5. The molecule has 0 aromatic rings. The van der Waals surface area contributed by atoms with Gasteiger partial charge in [0.25, 0.3) is 0 Å². The van der Waals surface area contributed by atoms with Gasteiger partial charge >= 0.3 is 0 Å². The summed E-state index contributed by atoms with van der Waals surface area (Å²) in [5, 5.41) is 5.98. The summed E-state index contributed by atoms with van der Waals surface area (Å²) in [6.07, 6.45) is 3.08. The summed E-state index contributed by atoms with van der Waals surface area (Å²) in [7, 11) is 0. The van der Waals surface area contributed by atoms with Crippen LogP contribution in [0.3, 0.4) is 0 Å². The minimum absolute atomic E-state index is 0.0920. The van der Waals surface area contributed by atoms with Crippen LogP contribution in [0, 0.1) is 0 Å². The zero-order valence-electron chi connectivity index (χ0n) is 8.72. The predicted molar refractivity (Wildman–Crippen MR) is 59.1 cm³/mol. The lowest BCUT2D eigenvalue weighted by atomic mass is 10.2. The molecule has 0 bridgehead atoms. The third-order valence-corrected chi connectivity index (χ3v) is 2.46. The van der Waals surface area contributed by atoms with Gasteiger partial charge in [0.1, 0.15) is 0 Å². The van der Waals surface area contributed by atoms with Gasteiger partial charge in [-0.2, -0.15) is 11.8 Å². The number of carbonyl (C=O) groups is 1. The van der Waals surface area contributed by atoms with E-state index in [2.05, 4.69) is 24.5 Å². The Bertz CT molecular complexity index is 142. The highest BCUT2D eigenvalue weighted by Crippen LogP contribution is 1.88. The van der Waals surface area contributed by atoms with Gasteiger partial charge < -0.3 is 10.6 Å². The maximum Gasteiger partial charge on any atom is 0.233 e. The minimum Gasteiger partial charge on any atom is -0.354 e. The molecular weight excluding hydrogens is 184 g/mol. The third kappa shape index (κ3) is 8.12. The molecule has 0 rings (SSSR count). The highest BCUT2D eigenvalue weighted by Gasteiger charge is 2.02. The molecule has 0 aliphatic carbocycles. The van der Waals surface area contributed by atoms with Crippen molar-refractivity contribution in [1.29, 1.82) is 0 Å². The van der Waals surface area contributed by atoms with Crippen LogP contribution in [-0.2, 0) is 4.79 Å². The Balaban J connectivity index is 3.30. The van der Waals surface area contributed by atoms with Gasteiger partial charge in [-0.25, -0.2) is 0 Å². The summed E-state index contributed by atoms with van der Waals surface area (Å²) >= 11 is 1.74. The van der Waals surface area contributed by atoms with Gasteiger partial charge in [0, 0.05) is 18.3 Å². The average molecular weight is 204 g/mol. The van der Waals surface area contributed by atoms with E-state index in [0.29, 0.717) is 12.6 Å². The molecule has 0 heterocycles. The topological polar surface area (TPSA) is 41.1 Å². The maximum absolute atomic E-state index is 11.2.